The highest BCUT2D eigenvalue weighted by molar-refractivity contribution is 5.82. The summed E-state index contributed by atoms with van der Waals surface area (Å²) < 4.78 is 18.4. The van der Waals surface area contributed by atoms with Crippen LogP contribution in [0.1, 0.15) is 26.7 Å². The van der Waals surface area contributed by atoms with E-state index in [4.69, 9.17) is 4.74 Å². The van der Waals surface area contributed by atoms with Crippen molar-refractivity contribution in [3.05, 3.63) is 30.1 Å². The van der Waals surface area contributed by atoms with E-state index in [1.807, 2.05) is 0 Å². The van der Waals surface area contributed by atoms with Crippen LogP contribution in [0.5, 0.6) is 5.75 Å². The van der Waals surface area contributed by atoms with E-state index >= 15 is 0 Å². The molecule has 0 saturated carbocycles. The molecule has 1 amide bonds. The average Bonchev–Trinajstić information content (AvgIpc) is 2.48. The van der Waals surface area contributed by atoms with Crippen LogP contribution in [0.3, 0.4) is 0 Å². The lowest BCUT2D eigenvalue weighted by Gasteiger charge is -2.38. The van der Waals surface area contributed by atoms with E-state index in [9.17, 15) is 19.1 Å². The number of rotatable bonds is 4. The fourth-order valence-electron chi connectivity index (χ4n) is 2.79. The van der Waals surface area contributed by atoms with Gasteiger partial charge in [0.05, 0.1) is 5.92 Å². The van der Waals surface area contributed by atoms with Crippen LogP contribution in [0.25, 0.3) is 0 Å². The number of nitrogens with zero attached hydrogens (tertiary/aromatic N) is 1. The Morgan fingerprint density at radius 3 is 2.59 bits per heavy atom. The van der Waals surface area contributed by atoms with E-state index in [0.717, 1.165) is 0 Å². The Balaban J connectivity index is 2.03. The molecule has 1 aromatic rings. The number of carbonyl (C=O) groups is 2. The summed E-state index contributed by atoms with van der Waals surface area (Å²) in [5, 5.41) is 9.20. The molecule has 22 heavy (non-hydrogen) atoms. The van der Waals surface area contributed by atoms with E-state index in [-0.39, 0.29) is 17.8 Å². The number of amides is 1. The smallest absolute Gasteiger partial charge is 0.308 e. The van der Waals surface area contributed by atoms with Gasteiger partial charge in [-0.2, -0.15) is 0 Å². The zero-order valence-electron chi connectivity index (χ0n) is 12.7. The third kappa shape index (κ3) is 3.55. The molecule has 1 heterocycles. The number of carboxylic acids is 1. The second-order valence-corrected chi connectivity index (χ2v) is 5.57. The normalized spacial score (nSPS) is 23.0. The molecule has 1 aliphatic heterocycles. The van der Waals surface area contributed by atoms with Crippen molar-refractivity contribution in [2.75, 3.05) is 6.54 Å². The monoisotopic (exact) mass is 309 g/mol. The van der Waals surface area contributed by atoms with Crippen LogP contribution in [0.4, 0.5) is 4.39 Å². The number of carbonyl (C=O) groups excluding carboxylic acids is 1. The van der Waals surface area contributed by atoms with Gasteiger partial charge in [-0.05, 0) is 51.0 Å². The Hall–Kier alpha value is -2.11. The molecular formula is C16H20FNO4. The van der Waals surface area contributed by atoms with Crippen LogP contribution >= 0.6 is 0 Å². The fourth-order valence-corrected chi connectivity index (χ4v) is 2.79. The SMILES string of the molecule is CC(Oc1ccc(F)cc1)C(=O)N1CCC[C@H](C(=O)O)[C@@H]1C. The van der Waals surface area contributed by atoms with Crippen LogP contribution in [-0.4, -0.2) is 40.6 Å². The minimum Gasteiger partial charge on any atom is -0.481 e. The van der Waals surface area contributed by atoms with Crippen molar-refractivity contribution in [3.8, 4) is 5.75 Å². The van der Waals surface area contributed by atoms with Crippen molar-refractivity contribution < 1.29 is 23.8 Å². The molecule has 1 fully saturated rings. The number of hydrogen-bond donors (Lipinski definition) is 1. The Morgan fingerprint density at radius 1 is 1.36 bits per heavy atom. The third-order valence-corrected chi connectivity index (χ3v) is 4.06. The van der Waals surface area contributed by atoms with Gasteiger partial charge >= 0.3 is 5.97 Å². The highest BCUT2D eigenvalue weighted by atomic mass is 19.1. The van der Waals surface area contributed by atoms with Crippen LogP contribution in [0.15, 0.2) is 24.3 Å². The van der Waals surface area contributed by atoms with Crippen LogP contribution in [0, 0.1) is 11.7 Å². The molecule has 0 aliphatic carbocycles. The quantitative estimate of drug-likeness (QED) is 0.927. The number of hydrogen-bond acceptors (Lipinski definition) is 3. The molecule has 1 aromatic carbocycles. The molecule has 0 spiro atoms. The van der Waals surface area contributed by atoms with Gasteiger partial charge in [-0.25, -0.2) is 4.39 Å². The Bertz CT molecular complexity index is 546. The van der Waals surface area contributed by atoms with Crippen molar-refractivity contribution in [2.45, 2.75) is 38.8 Å². The number of ether oxygens (including phenoxy) is 1. The molecule has 1 N–H and O–H groups in total. The first kappa shape index (κ1) is 16.3. The van der Waals surface area contributed by atoms with E-state index in [2.05, 4.69) is 0 Å². The Labute approximate surface area is 128 Å². The van der Waals surface area contributed by atoms with Gasteiger partial charge in [0.2, 0.25) is 0 Å². The van der Waals surface area contributed by atoms with Crippen molar-refractivity contribution in [3.63, 3.8) is 0 Å². The Kier molecular flexibility index (Phi) is 5.00. The molecule has 1 aliphatic rings. The second kappa shape index (κ2) is 6.77. The van der Waals surface area contributed by atoms with E-state index < -0.39 is 18.0 Å². The summed E-state index contributed by atoms with van der Waals surface area (Å²) in [7, 11) is 0. The highest BCUT2D eigenvalue weighted by Gasteiger charge is 2.37. The summed E-state index contributed by atoms with van der Waals surface area (Å²) in [6.07, 6.45) is 0.490. The standard InChI is InChI=1S/C16H20FNO4/c1-10-14(16(20)21)4-3-9-18(10)15(19)11(2)22-13-7-5-12(17)6-8-13/h5-8,10-11,14H,3-4,9H2,1-2H3,(H,20,21)/t10-,11?,14-/m0/s1. The maximum atomic E-state index is 12.9. The highest BCUT2D eigenvalue weighted by Crippen LogP contribution is 2.25. The molecule has 120 valence electrons. The van der Waals surface area contributed by atoms with Gasteiger partial charge in [-0.3, -0.25) is 9.59 Å². The van der Waals surface area contributed by atoms with E-state index in [1.54, 1.807) is 18.7 Å². The lowest BCUT2D eigenvalue weighted by atomic mass is 9.90. The molecule has 5 nitrogen and oxygen atoms in total. The molecule has 1 saturated heterocycles. The topological polar surface area (TPSA) is 66.8 Å². The maximum absolute atomic E-state index is 12.9. The zero-order valence-corrected chi connectivity index (χ0v) is 12.7. The molecule has 6 heteroatoms. The van der Waals surface area contributed by atoms with Gasteiger partial charge in [0.15, 0.2) is 6.10 Å². The molecule has 2 rings (SSSR count). The van der Waals surface area contributed by atoms with E-state index in [1.165, 1.54) is 24.3 Å². The first-order chi connectivity index (χ1) is 10.4. The molecule has 0 bridgehead atoms. The van der Waals surface area contributed by atoms with Gasteiger partial charge in [-0.15, -0.1) is 0 Å². The van der Waals surface area contributed by atoms with Gasteiger partial charge in [0.25, 0.3) is 5.91 Å². The van der Waals surface area contributed by atoms with E-state index in [0.29, 0.717) is 25.1 Å². The average molecular weight is 309 g/mol. The van der Waals surface area contributed by atoms with Gasteiger partial charge < -0.3 is 14.7 Å². The number of likely N-dealkylation sites (tertiary alicyclic amines) is 1. The van der Waals surface area contributed by atoms with Crippen molar-refractivity contribution >= 4 is 11.9 Å². The first-order valence-corrected chi connectivity index (χ1v) is 7.35. The third-order valence-electron chi connectivity index (χ3n) is 4.06. The van der Waals surface area contributed by atoms with Crippen molar-refractivity contribution in [1.29, 1.82) is 0 Å². The summed E-state index contributed by atoms with van der Waals surface area (Å²) >= 11 is 0. The molecular weight excluding hydrogens is 289 g/mol. The number of piperidine rings is 1. The summed E-state index contributed by atoms with van der Waals surface area (Å²) in [4.78, 5) is 25.3. The molecule has 1 unspecified atom stereocenters. The summed E-state index contributed by atoms with van der Waals surface area (Å²) in [5.74, 6) is -1.64. The summed E-state index contributed by atoms with van der Waals surface area (Å²) in [6.45, 7) is 3.89. The van der Waals surface area contributed by atoms with Crippen LogP contribution in [-0.2, 0) is 9.59 Å². The molecule has 0 radical (unpaired) electrons. The predicted molar refractivity (Wildman–Crippen MR) is 78.0 cm³/mol. The Morgan fingerprint density at radius 2 is 2.00 bits per heavy atom. The van der Waals surface area contributed by atoms with Gasteiger partial charge in [-0.1, -0.05) is 0 Å². The maximum Gasteiger partial charge on any atom is 0.308 e. The lowest BCUT2D eigenvalue weighted by Crippen LogP contribution is -2.52. The minimum absolute atomic E-state index is 0.247. The fraction of sp³-hybridized carbons (Fsp3) is 0.500. The lowest BCUT2D eigenvalue weighted by molar-refractivity contribution is -0.151. The molecule has 0 aromatic heterocycles. The number of benzene rings is 1. The second-order valence-electron chi connectivity index (χ2n) is 5.57. The van der Waals surface area contributed by atoms with Crippen LogP contribution in [0.2, 0.25) is 0 Å². The van der Waals surface area contributed by atoms with Crippen molar-refractivity contribution in [1.82, 2.24) is 4.90 Å². The van der Waals surface area contributed by atoms with Crippen LogP contribution < -0.4 is 4.74 Å². The van der Waals surface area contributed by atoms with Gasteiger partial charge in [0.1, 0.15) is 11.6 Å². The summed E-state index contributed by atoms with van der Waals surface area (Å²) in [5.41, 5.74) is 0. The number of carboxylic acid groups (broad SMARTS) is 1. The number of halogens is 1. The predicted octanol–water partition coefficient (Wildman–Crippen LogP) is 2.30. The summed E-state index contributed by atoms with van der Waals surface area (Å²) in [6, 6.07) is 5.07. The first-order valence-electron chi connectivity index (χ1n) is 7.35. The zero-order chi connectivity index (χ0) is 16.3. The largest absolute Gasteiger partial charge is 0.481 e. The minimum atomic E-state index is -0.878. The number of aliphatic carboxylic acids is 1. The van der Waals surface area contributed by atoms with Crippen molar-refractivity contribution in [2.24, 2.45) is 5.92 Å². The van der Waals surface area contributed by atoms with Gasteiger partial charge in [0, 0.05) is 12.6 Å². The molecule has 3 atom stereocenters.